The largest absolute Gasteiger partial charge is 0.370 e. The van der Waals surface area contributed by atoms with E-state index >= 15 is 4.39 Å². The molecule has 10 heteroatoms. The SMILES string of the molecule is C1NC2CC1C2.Cc1nc2c(F)c(-c3cccc(Cl)c3Cl)c(CCC#N)cc2c2[nH]c(C3CCN(c4ccccc4)CCN3C(=O)C3CC3)cc12. The molecule has 0 radical (unpaired) electrons. The molecule has 51 heavy (non-hydrogen) atoms. The van der Waals surface area contributed by atoms with Crippen LogP contribution in [0, 0.1) is 35.9 Å². The molecule has 5 aromatic rings. The second kappa shape index (κ2) is 14.1. The number of nitrogens with one attached hydrogen (secondary N) is 2. The highest BCUT2D eigenvalue weighted by atomic mass is 35.5. The monoisotopic (exact) mass is 722 g/mol. The highest BCUT2D eigenvalue weighted by molar-refractivity contribution is 6.43. The second-order valence-corrected chi connectivity index (χ2v) is 15.3. The van der Waals surface area contributed by atoms with Crippen LogP contribution in [0.2, 0.25) is 10.0 Å². The van der Waals surface area contributed by atoms with Crippen molar-refractivity contribution in [1.82, 2.24) is 20.2 Å². The first-order valence-corrected chi connectivity index (χ1v) is 18.9. The van der Waals surface area contributed by atoms with Crippen molar-refractivity contribution >= 4 is 56.6 Å². The van der Waals surface area contributed by atoms with Crippen molar-refractivity contribution < 1.29 is 9.18 Å². The van der Waals surface area contributed by atoms with Gasteiger partial charge in [-0.2, -0.15) is 5.26 Å². The molecular formula is C41H41Cl2FN6O. The summed E-state index contributed by atoms with van der Waals surface area (Å²) in [6.07, 6.45) is 6.13. The third-order valence-electron chi connectivity index (χ3n) is 11.1. The van der Waals surface area contributed by atoms with Gasteiger partial charge in [-0.05, 0) is 93.8 Å². The van der Waals surface area contributed by atoms with E-state index in [-0.39, 0.29) is 34.8 Å². The van der Waals surface area contributed by atoms with Crippen LogP contribution in [-0.4, -0.2) is 53.0 Å². The first-order chi connectivity index (χ1) is 24.8. The summed E-state index contributed by atoms with van der Waals surface area (Å²) in [6, 6.07) is 22.4. The fourth-order valence-electron chi connectivity index (χ4n) is 8.13. The average Bonchev–Trinajstić information content (AvgIpc) is 3.53. The van der Waals surface area contributed by atoms with Crippen LogP contribution in [0.25, 0.3) is 32.9 Å². The summed E-state index contributed by atoms with van der Waals surface area (Å²) in [6.45, 7) is 5.37. The van der Waals surface area contributed by atoms with Crippen molar-refractivity contribution in [3.05, 3.63) is 93.5 Å². The molecule has 262 valence electrons. The quantitative estimate of drug-likeness (QED) is 0.183. The number of aromatic nitrogens is 2. The van der Waals surface area contributed by atoms with Crippen molar-refractivity contribution in [1.29, 1.82) is 5.26 Å². The first kappa shape index (κ1) is 34.0. The highest BCUT2D eigenvalue weighted by Gasteiger charge is 2.39. The van der Waals surface area contributed by atoms with Crippen molar-refractivity contribution in [3.63, 3.8) is 0 Å². The molecule has 2 saturated carbocycles. The van der Waals surface area contributed by atoms with Gasteiger partial charge in [0.25, 0.3) is 0 Å². The van der Waals surface area contributed by atoms with Crippen LogP contribution in [0.3, 0.4) is 0 Å². The third-order valence-corrected chi connectivity index (χ3v) is 11.9. The van der Waals surface area contributed by atoms with E-state index in [9.17, 15) is 10.1 Å². The van der Waals surface area contributed by atoms with Crippen LogP contribution >= 0.6 is 23.2 Å². The summed E-state index contributed by atoms with van der Waals surface area (Å²) in [5.74, 6) is 0.887. The number of benzene rings is 3. The second-order valence-electron chi connectivity index (χ2n) is 14.5. The Labute approximate surface area is 307 Å². The topological polar surface area (TPSA) is 88.0 Å². The molecule has 5 fully saturated rings. The van der Waals surface area contributed by atoms with Crippen LogP contribution in [0.15, 0.2) is 60.7 Å². The van der Waals surface area contributed by atoms with E-state index in [2.05, 4.69) is 44.4 Å². The fraction of sp³-hybridized carbons (Fsp3) is 0.390. The van der Waals surface area contributed by atoms with Crippen molar-refractivity contribution in [2.24, 2.45) is 11.8 Å². The lowest BCUT2D eigenvalue weighted by Crippen LogP contribution is -2.38. The molecule has 3 saturated heterocycles. The van der Waals surface area contributed by atoms with Gasteiger partial charge in [0.2, 0.25) is 5.91 Å². The van der Waals surface area contributed by atoms with Crippen molar-refractivity contribution in [2.75, 3.05) is 31.1 Å². The minimum absolute atomic E-state index is 0.0953. The molecule has 2 aromatic heterocycles. The number of halogens is 3. The van der Waals surface area contributed by atoms with Crippen LogP contribution < -0.4 is 10.2 Å². The molecule has 10 rings (SSSR count). The molecule has 3 aromatic carbocycles. The Kier molecular flexibility index (Phi) is 9.39. The zero-order valence-corrected chi connectivity index (χ0v) is 30.2. The van der Waals surface area contributed by atoms with E-state index < -0.39 is 5.82 Å². The lowest BCUT2D eigenvalue weighted by Gasteiger charge is -2.29. The zero-order valence-electron chi connectivity index (χ0n) is 28.7. The number of pyridine rings is 1. The van der Waals surface area contributed by atoms with E-state index in [1.807, 2.05) is 31.2 Å². The van der Waals surface area contributed by atoms with Gasteiger partial charge in [0.1, 0.15) is 5.52 Å². The molecule has 1 unspecified atom stereocenters. The number of nitrogens with zero attached hydrogens (tertiary/aromatic N) is 4. The average molecular weight is 724 g/mol. The molecule has 5 heterocycles. The number of anilines is 1. The van der Waals surface area contributed by atoms with E-state index in [0.717, 1.165) is 66.6 Å². The Morgan fingerprint density at radius 2 is 1.82 bits per heavy atom. The fourth-order valence-corrected chi connectivity index (χ4v) is 8.53. The van der Waals surface area contributed by atoms with Gasteiger partial charge in [-0.25, -0.2) is 9.37 Å². The Balaban J connectivity index is 0.000000558. The summed E-state index contributed by atoms with van der Waals surface area (Å²) >= 11 is 12.9. The van der Waals surface area contributed by atoms with Crippen LogP contribution in [0.4, 0.5) is 10.1 Å². The Bertz CT molecular complexity index is 2140. The number of nitriles is 1. The summed E-state index contributed by atoms with van der Waals surface area (Å²) in [5.41, 5.74) is 5.20. The molecular weight excluding hydrogens is 682 g/mol. The molecule has 2 N–H and O–H groups in total. The van der Waals surface area contributed by atoms with Gasteiger partial charge in [-0.15, -0.1) is 0 Å². The Morgan fingerprint density at radius 3 is 2.51 bits per heavy atom. The van der Waals surface area contributed by atoms with E-state index in [1.165, 1.54) is 19.4 Å². The Morgan fingerprint density at radius 1 is 1.02 bits per heavy atom. The van der Waals surface area contributed by atoms with Gasteiger partial charge in [0.15, 0.2) is 5.82 Å². The molecule has 1 atom stereocenters. The third kappa shape index (κ3) is 6.57. The summed E-state index contributed by atoms with van der Waals surface area (Å²) in [7, 11) is 0. The number of aryl methyl sites for hydroxylation is 2. The molecule has 0 spiro atoms. The lowest BCUT2D eigenvalue weighted by molar-refractivity contribution is -0.134. The molecule has 2 bridgehead atoms. The summed E-state index contributed by atoms with van der Waals surface area (Å²) < 4.78 is 16.6. The maximum atomic E-state index is 16.6. The minimum Gasteiger partial charge on any atom is -0.370 e. The number of aromatic amines is 1. The van der Waals surface area contributed by atoms with Gasteiger partial charge in [0.05, 0.1) is 27.7 Å². The zero-order chi connectivity index (χ0) is 35.2. The van der Waals surface area contributed by atoms with E-state index in [0.29, 0.717) is 45.8 Å². The molecule has 1 amide bonds. The molecule has 7 nitrogen and oxygen atoms in total. The number of fused-ring (bicyclic) bond motifs is 4. The summed E-state index contributed by atoms with van der Waals surface area (Å²) in [4.78, 5) is 26.4. The van der Waals surface area contributed by atoms with Crippen LogP contribution in [-0.2, 0) is 11.2 Å². The van der Waals surface area contributed by atoms with E-state index in [1.54, 1.807) is 18.2 Å². The molecule has 5 aliphatic rings. The van der Waals surface area contributed by atoms with Crippen LogP contribution in [0.1, 0.15) is 61.5 Å². The van der Waals surface area contributed by atoms with E-state index in [4.69, 9.17) is 28.2 Å². The lowest BCUT2D eigenvalue weighted by atomic mass is 9.87. The van der Waals surface area contributed by atoms with Crippen LogP contribution in [0.5, 0.6) is 0 Å². The maximum absolute atomic E-state index is 16.6. The normalized spacial score (nSPS) is 21.2. The maximum Gasteiger partial charge on any atom is 0.226 e. The standard InChI is InChI=1S/C36H32Cl2FN5O.C5H9N/c1-21-26-20-29(30-14-16-43(24-8-3-2-4-9-24)17-18-44(30)36(45)22-12-13-22)42-34(26)27-19-23(7-6-15-40)31(33(39)35(27)41-21)25-10-5-11-28(37)32(25)38;1-4-2-5(1)6-3-4/h2-5,8-11,19-20,22,30,42H,6-7,12-14,16-18H2,1H3;4-6H,1-3H2. The van der Waals surface area contributed by atoms with Gasteiger partial charge in [0, 0.05) is 77.0 Å². The smallest absolute Gasteiger partial charge is 0.226 e. The molecule has 3 aliphatic heterocycles. The number of hydrogen-bond donors (Lipinski definition) is 2. The Hall–Kier alpha value is -4.16. The van der Waals surface area contributed by atoms with Gasteiger partial charge >= 0.3 is 0 Å². The number of para-hydroxylation sites is 1. The van der Waals surface area contributed by atoms with Crippen molar-refractivity contribution in [3.8, 4) is 17.2 Å². The number of carbonyl (C=O) groups is 1. The van der Waals surface area contributed by atoms with Gasteiger partial charge in [-0.3, -0.25) is 4.79 Å². The predicted molar refractivity (Wildman–Crippen MR) is 203 cm³/mol. The number of carbonyl (C=O) groups excluding carboxylic acids is 1. The number of rotatable bonds is 6. The first-order valence-electron chi connectivity index (χ1n) is 18.1. The van der Waals surface area contributed by atoms with Crippen molar-refractivity contribution in [2.45, 2.75) is 64.0 Å². The number of hydrogen-bond acceptors (Lipinski definition) is 5. The molecule has 2 aliphatic carbocycles. The number of amides is 1. The van der Waals surface area contributed by atoms with Gasteiger partial charge in [-0.1, -0.05) is 53.5 Å². The highest BCUT2D eigenvalue weighted by Crippen LogP contribution is 2.43. The predicted octanol–water partition coefficient (Wildman–Crippen LogP) is 9.15. The number of H-pyrrole nitrogens is 1. The summed E-state index contributed by atoms with van der Waals surface area (Å²) in [5, 5.41) is 14.9. The van der Waals surface area contributed by atoms with Gasteiger partial charge < -0.3 is 20.1 Å². The minimum atomic E-state index is -0.496.